The molecule has 0 aromatic carbocycles. The average Bonchev–Trinajstić information content (AvgIpc) is 2.54. The van der Waals surface area contributed by atoms with Gasteiger partial charge in [-0.15, -0.1) is 0 Å². The number of ether oxygens (including phenoxy) is 4. The standard InChI is InChI=1S/C18H34O5/c1-4-7-10-20-14-15-13-16(21-11-8-5-2)17(18(19)23-15)22-12-9-6-3/h15-17H,4-14H2,1-3H3/t15-,16-,17+/m0/s1. The van der Waals surface area contributed by atoms with Crippen LogP contribution >= 0.6 is 0 Å². The molecule has 0 amide bonds. The van der Waals surface area contributed by atoms with E-state index in [0.717, 1.165) is 38.5 Å². The molecule has 0 aromatic heterocycles. The minimum Gasteiger partial charge on any atom is -0.458 e. The van der Waals surface area contributed by atoms with Crippen LogP contribution in [0.15, 0.2) is 0 Å². The third kappa shape index (κ3) is 8.13. The largest absolute Gasteiger partial charge is 0.458 e. The van der Waals surface area contributed by atoms with E-state index in [9.17, 15) is 4.79 Å². The second-order valence-electron chi connectivity index (χ2n) is 6.13. The van der Waals surface area contributed by atoms with Gasteiger partial charge < -0.3 is 18.9 Å². The number of rotatable bonds is 13. The lowest BCUT2D eigenvalue weighted by atomic mass is 10.0. The van der Waals surface area contributed by atoms with Gasteiger partial charge >= 0.3 is 5.97 Å². The molecule has 5 nitrogen and oxygen atoms in total. The minimum absolute atomic E-state index is 0.223. The van der Waals surface area contributed by atoms with Crippen LogP contribution in [0.3, 0.4) is 0 Å². The Labute approximate surface area is 141 Å². The van der Waals surface area contributed by atoms with Crippen molar-refractivity contribution in [3.8, 4) is 0 Å². The summed E-state index contributed by atoms with van der Waals surface area (Å²) in [5.41, 5.74) is 0. The average molecular weight is 330 g/mol. The molecule has 136 valence electrons. The Hall–Kier alpha value is -0.650. The number of carbonyl (C=O) groups excluding carboxylic acids is 1. The van der Waals surface area contributed by atoms with Gasteiger partial charge in [0.1, 0.15) is 6.10 Å². The molecular weight excluding hydrogens is 296 g/mol. The van der Waals surface area contributed by atoms with Crippen LogP contribution in [-0.2, 0) is 23.7 Å². The molecule has 0 N–H and O–H groups in total. The van der Waals surface area contributed by atoms with Gasteiger partial charge in [0.2, 0.25) is 0 Å². The third-order valence-electron chi connectivity index (χ3n) is 3.92. The molecule has 0 spiro atoms. The predicted molar refractivity (Wildman–Crippen MR) is 89.5 cm³/mol. The number of cyclic esters (lactones) is 1. The number of esters is 1. The Kier molecular flexibility index (Phi) is 11.3. The van der Waals surface area contributed by atoms with Crippen molar-refractivity contribution in [2.45, 2.75) is 84.0 Å². The van der Waals surface area contributed by atoms with Crippen molar-refractivity contribution in [1.29, 1.82) is 0 Å². The normalized spacial score (nSPS) is 24.7. The summed E-state index contributed by atoms with van der Waals surface area (Å²) in [5.74, 6) is -0.307. The van der Waals surface area contributed by atoms with E-state index in [1.165, 1.54) is 0 Å². The van der Waals surface area contributed by atoms with Crippen molar-refractivity contribution in [2.24, 2.45) is 0 Å². The van der Waals surface area contributed by atoms with Crippen molar-refractivity contribution < 1.29 is 23.7 Å². The highest BCUT2D eigenvalue weighted by Crippen LogP contribution is 2.22. The van der Waals surface area contributed by atoms with E-state index in [2.05, 4.69) is 20.8 Å². The molecule has 1 rings (SSSR count). The zero-order valence-electron chi connectivity index (χ0n) is 15.1. The first-order valence-corrected chi connectivity index (χ1v) is 9.24. The van der Waals surface area contributed by atoms with Gasteiger partial charge in [0.25, 0.3) is 0 Å². The summed E-state index contributed by atoms with van der Waals surface area (Å²) in [4.78, 5) is 12.2. The van der Waals surface area contributed by atoms with Crippen LogP contribution in [0.25, 0.3) is 0 Å². The lowest BCUT2D eigenvalue weighted by Crippen LogP contribution is -2.49. The van der Waals surface area contributed by atoms with Gasteiger partial charge in [0.05, 0.1) is 12.7 Å². The molecule has 1 saturated heterocycles. The van der Waals surface area contributed by atoms with Crippen LogP contribution in [-0.4, -0.2) is 50.7 Å². The van der Waals surface area contributed by atoms with Gasteiger partial charge in [-0.2, -0.15) is 0 Å². The lowest BCUT2D eigenvalue weighted by molar-refractivity contribution is -0.196. The summed E-state index contributed by atoms with van der Waals surface area (Å²) >= 11 is 0. The fourth-order valence-electron chi connectivity index (χ4n) is 2.44. The van der Waals surface area contributed by atoms with E-state index in [1.54, 1.807) is 0 Å². The molecule has 1 heterocycles. The van der Waals surface area contributed by atoms with E-state index < -0.39 is 6.10 Å². The Morgan fingerprint density at radius 1 is 0.957 bits per heavy atom. The Balaban J connectivity index is 2.48. The van der Waals surface area contributed by atoms with E-state index in [0.29, 0.717) is 32.8 Å². The summed E-state index contributed by atoms with van der Waals surface area (Å²) < 4.78 is 22.7. The maximum Gasteiger partial charge on any atom is 0.338 e. The van der Waals surface area contributed by atoms with Gasteiger partial charge in [-0.25, -0.2) is 4.79 Å². The van der Waals surface area contributed by atoms with Crippen molar-refractivity contribution >= 4 is 5.97 Å². The van der Waals surface area contributed by atoms with Gasteiger partial charge in [-0.3, -0.25) is 0 Å². The van der Waals surface area contributed by atoms with E-state index in [4.69, 9.17) is 18.9 Å². The van der Waals surface area contributed by atoms with E-state index in [-0.39, 0.29) is 18.2 Å². The number of hydrogen-bond donors (Lipinski definition) is 0. The minimum atomic E-state index is -0.592. The zero-order chi connectivity index (χ0) is 16.9. The molecular formula is C18H34O5. The van der Waals surface area contributed by atoms with Crippen molar-refractivity contribution in [3.63, 3.8) is 0 Å². The zero-order valence-corrected chi connectivity index (χ0v) is 15.1. The molecule has 0 aliphatic carbocycles. The maximum absolute atomic E-state index is 12.2. The Morgan fingerprint density at radius 3 is 2.22 bits per heavy atom. The first kappa shape index (κ1) is 20.4. The SMILES string of the molecule is CCCCOC[C@@H]1C[C@H](OCCCC)[C@@H](OCCCC)C(=O)O1. The third-order valence-corrected chi connectivity index (χ3v) is 3.92. The van der Waals surface area contributed by atoms with Gasteiger partial charge in [-0.1, -0.05) is 40.0 Å². The summed E-state index contributed by atoms with van der Waals surface area (Å²) in [6, 6.07) is 0. The summed E-state index contributed by atoms with van der Waals surface area (Å²) in [7, 11) is 0. The van der Waals surface area contributed by atoms with Gasteiger partial charge in [0, 0.05) is 26.2 Å². The van der Waals surface area contributed by atoms with Crippen molar-refractivity contribution in [3.05, 3.63) is 0 Å². The highest BCUT2D eigenvalue weighted by atomic mass is 16.6. The van der Waals surface area contributed by atoms with Gasteiger partial charge in [-0.05, 0) is 19.3 Å². The number of hydrogen-bond acceptors (Lipinski definition) is 5. The van der Waals surface area contributed by atoms with Crippen LogP contribution in [0, 0.1) is 0 Å². The van der Waals surface area contributed by atoms with E-state index in [1.807, 2.05) is 0 Å². The van der Waals surface area contributed by atoms with Crippen LogP contribution in [0.5, 0.6) is 0 Å². The van der Waals surface area contributed by atoms with Crippen LogP contribution < -0.4 is 0 Å². The Bertz CT molecular complexity index is 308. The molecule has 0 aromatic rings. The van der Waals surface area contributed by atoms with Crippen molar-refractivity contribution in [2.75, 3.05) is 26.4 Å². The molecule has 3 atom stereocenters. The van der Waals surface area contributed by atoms with Crippen LogP contribution in [0.2, 0.25) is 0 Å². The maximum atomic E-state index is 12.2. The molecule has 23 heavy (non-hydrogen) atoms. The first-order chi connectivity index (χ1) is 11.2. The second kappa shape index (κ2) is 12.7. The summed E-state index contributed by atoms with van der Waals surface area (Å²) in [5, 5.41) is 0. The first-order valence-electron chi connectivity index (χ1n) is 9.24. The molecule has 1 fully saturated rings. The molecule has 1 aliphatic heterocycles. The smallest absolute Gasteiger partial charge is 0.338 e. The predicted octanol–water partition coefficient (Wildman–Crippen LogP) is 3.49. The molecule has 0 unspecified atom stereocenters. The fourth-order valence-corrected chi connectivity index (χ4v) is 2.44. The number of carbonyl (C=O) groups is 1. The molecule has 0 bridgehead atoms. The molecule has 1 aliphatic rings. The highest BCUT2D eigenvalue weighted by Gasteiger charge is 2.40. The van der Waals surface area contributed by atoms with Crippen LogP contribution in [0.4, 0.5) is 0 Å². The summed E-state index contributed by atoms with van der Waals surface area (Å²) in [6.45, 7) is 8.73. The molecule has 0 radical (unpaired) electrons. The lowest BCUT2D eigenvalue weighted by Gasteiger charge is -2.34. The molecule has 5 heteroatoms. The second-order valence-corrected chi connectivity index (χ2v) is 6.13. The quantitative estimate of drug-likeness (QED) is 0.382. The van der Waals surface area contributed by atoms with Gasteiger partial charge in [0.15, 0.2) is 6.10 Å². The number of unbranched alkanes of at least 4 members (excludes halogenated alkanes) is 3. The summed E-state index contributed by atoms with van der Waals surface area (Å²) in [6.07, 6.45) is 5.78. The van der Waals surface area contributed by atoms with Crippen LogP contribution in [0.1, 0.15) is 65.7 Å². The highest BCUT2D eigenvalue weighted by molar-refractivity contribution is 5.76. The fraction of sp³-hybridized carbons (Fsp3) is 0.944. The topological polar surface area (TPSA) is 54.0 Å². The molecule has 0 saturated carbocycles. The van der Waals surface area contributed by atoms with Crippen molar-refractivity contribution in [1.82, 2.24) is 0 Å². The Morgan fingerprint density at radius 2 is 1.57 bits per heavy atom. The monoisotopic (exact) mass is 330 g/mol. The van der Waals surface area contributed by atoms with E-state index >= 15 is 0 Å².